The molecule has 0 radical (unpaired) electrons. The topological polar surface area (TPSA) is 64.7 Å². The first-order valence-electron chi connectivity index (χ1n) is 11.5. The van der Waals surface area contributed by atoms with Crippen LogP contribution >= 0.6 is 35.4 Å². The van der Waals surface area contributed by atoms with E-state index in [-0.39, 0.29) is 11.0 Å². The molecule has 6 nitrogen and oxygen atoms in total. The first-order valence-corrected chi connectivity index (χ1v) is 12.7. The predicted octanol–water partition coefficient (Wildman–Crippen LogP) is 5.70. The zero-order valence-electron chi connectivity index (χ0n) is 20.0. The fraction of sp³-hybridized carbons (Fsp3) is 0.222. The van der Waals surface area contributed by atoms with E-state index in [1.165, 1.54) is 0 Å². The van der Waals surface area contributed by atoms with Gasteiger partial charge in [0.25, 0.3) is 11.8 Å². The van der Waals surface area contributed by atoms with Crippen LogP contribution < -0.4 is 15.5 Å². The van der Waals surface area contributed by atoms with Gasteiger partial charge in [0.2, 0.25) is 0 Å². The van der Waals surface area contributed by atoms with E-state index in [2.05, 4.69) is 15.5 Å². The largest absolute Gasteiger partial charge is 0.367 e. The van der Waals surface area contributed by atoms with Gasteiger partial charge >= 0.3 is 0 Å². The lowest BCUT2D eigenvalue weighted by atomic mass is 10.1. The van der Waals surface area contributed by atoms with Crippen molar-refractivity contribution in [1.82, 2.24) is 10.2 Å². The molecule has 186 valence electrons. The van der Waals surface area contributed by atoms with Crippen LogP contribution in [-0.2, 0) is 0 Å². The van der Waals surface area contributed by atoms with Crippen molar-refractivity contribution < 1.29 is 9.59 Å². The number of anilines is 2. The number of carbonyl (C=O) groups is 2. The summed E-state index contributed by atoms with van der Waals surface area (Å²) in [5, 5.41) is 6.69. The number of thiocarbonyl (C=S) groups is 1. The summed E-state index contributed by atoms with van der Waals surface area (Å²) in [6, 6.07) is 18.4. The lowest BCUT2D eigenvalue weighted by molar-refractivity contribution is 0.0746. The second kappa shape index (κ2) is 11.3. The Bertz CT molecular complexity index is 1320. The van der Waals surface area contributed by atoms with Crippen molar-refractivity contribution in [2.24, 2.45) is 0 Å². The average molecular weight is 542 g/mol. The zero-order valence-corrected chi connectivity index (χ0v) is 22.3. The van der Waals surface area contributed by atoms with Gasteiger partial charge in [0.05, 0.1) is 21.3 Å². The standard InChI is InChI=1S/C27H26Cl2N4O2S/c1-17-7-9-21(22(28)15-17)25(34)31-27(36)30-19-8-10-24(23(29)16-19)32-11-13-33(14-12-32)26(35)20-6-4-3-5-18(20)2/h3-10,15-16H,11-14H2,1-2H3,(H2,30,31,34,36). The second-order valence-electron chi connectivity index (χ2n) is 8.65. The minimum absolute atomic E-state index is 0.0564. The number of rotatable bonds is 4. The number of piperazine rings is 1. The molecule has 0 unspecified atom stereocenters. The molecule has 1 aliphatic rings. The van der Waals surface area contributed by atoms with Gasteiger partial charge in [0.15, 0.2) is 5.11 Å². The molecule has 0 saturated carbocycles. The predicted molar refractivity (Wildman–Crippen MR) is 151 cm³/mol. The first kappa shape index (κ1) is 25.9. The molecule has 4 rings (SSSR count). The van der Waals surface area contributed by atoms with E-state index in [1.807, 2.05) is 61.2 Å². The number of aryl methyl sites for hydroxylation is 2. The van der Waals surface area contributed by atoms with Crippen molar-refractivity contribution in [3.05, 3.63) is 93.0 Å². The van der Waals surface area contributed by atoms with E-state index in [0.717, 1.165) is 22.4 Å². The van der Waals surface area contributed by atoms with Crippen LogP contribution in [0.25, 0.3) is 0 Å². The molecule has 1 aliphatic heterocycles. The minimum Gasteiger partial charge on any atom is -0.367 e. The summed E-state index contributed by atoms with van der Waals surface area (Å²) in [6.07, 6.45) is 0. The van der Waals surface area contributed by atoms with E-state index in [1.54, 1.807) is 18.2 Å². The summed E-state index contributed by atoms with van der Waals surface area (Å²) in [5.41, 5.74) is 4.56. The first-order chi connectivity index (χ1) is 17.2. The highest BCUT2D eigenvalue weighted by Crippen LogP contribution is 2.30. The van der Waals surface area contributed by atoms with Gasteiger partial charge in [-0.3, -0.25) is 14.9 Å². The minimum atomic E-state index is -0.390. The van der Waals surface area contributed by atoms with Crippen LogP contribution in [0.3, 0.4) is 0 Å². The molecule has 0 aromatic heterocycles. The van der Waals surface area contributed by atoms with Crippen molar-refractivity contribution in [1.29, 1.82) is 0 Å². The molecular weight excluding hydrogens is 515 g/mol. The van der Waals surface area contributed by atoms with E-state index in [9.17, 15) is 9.59 Å². The second-order valence-corrected chi connectivity index (χ2v) is 9.87. The number of nitrogens with one attached hydrogen (secondary N) is 2. The SMILES string of the molecule is Cc1ccc(C(=O)NC(=S)Nc2ccc(N3CCN(C(=O)c4ccccc4C)CC3)c(Cl)c2)c(Cl)c1. The zero-order chi connectivity index (χ0) is 25.8. The Hall–Kier alpha value is -3.13. The molecule has 0 bridgehead atoms. The number of nitrogens with zero attached hydrogens (tertiary/aromatic N) is 2. The van der Waals surface area contributed by atoms with Crippen molar-refractivity contribution >= 4 is 63.7 Å². The maximum Gasteiger partial charge on any atom is 0.258 e. The van der Waals surface area contributed by atoms with Gasteiger partial charge in [0.1, 0.15) is 0 Å². The highest BCUT2D eigenvalue weighted by molar-refractivity contribution is 7.80. The van der Waals surface area contributed by atoms with E-state index < -0.39 is 5.91 Å². The van der Waals surface area contributed by atoms with Crippen molar-refractivity contribution in [2.75, 3.05) is 36.4 Å². The smallest absolute Gasteiger partial charge is 0.258 e. The molecule has 2 N–H and O–H groups in total. The fourth-order valence-electron chi connectivity index (χ4n) is 4.11. The molecule has 36 heavy (non-hydrogen) atoms. The number of benzene rings is 3. The third-order valence-electron chi connectivity index (χ3n) is 6.08. The maximum absolute atomic E-state index is 12.9. The molecule has 1 saturated heterocycles. The Morgan fingerprint density at radius 2 is 1.58 bits per heavy atom. The van der Waals surface area contributed by atoms with Crippen LogP contribution in [0.2, 0.25) is 10.0 Å². The maximum atomic E-state index is 12.9. The molecule has 9 heteroatoms. The molecular formula is C27H26Cl2N4O2S. The van der Waals surface area contributed by atoms with Crippen LogP contribution in [0.4, 0.5) is 11.4 Å². The summed E-state index contributed by atoms with van der Waals surface area (Å²) < 4.78 is 0. The molecule has 3 aromatic carbocycles. The van der Waals surface area contributed by atoms with Crippen LogP contribution in [0.15, 0.2) is 60.7 Å². The van der Waals surface area contributed by atoms with Gasteiger partial charge in [-0.2, -0.15) is 0 Å². The summed E-state index contributed by atoms with van der Waals surface area (Å²) in [5.74, 6) is -0.334. The monoisotopic (exact) mass is 540 g/mol. The van der Waals surface area contributed by atoms with Crippen LogP contribution in [0, 0.1) is 13.8 Å². The summed E-state index contributed by atoms with van der Waals surface area (Å²) >= 11 is 18.1. The lowest BCUT2D eigenvalue weighted by Crippen LogP contribution is -2.49. The number of carbonyl (C=O) groups excluding carboxylic acids is 2. The van der Waals surface area contributed by atoms with E-state index in [0.29, 0.717) is 47.5 Å². The molecule has 2 amide bonds. The normalized spacial score (nSPS) is 13.3. The molecule has 0 aliphatic carbocycles. The van der Waals surface area contributed by atoms with Gasteiger partial charge in [-0.1, -0.05) is 47.5 Å². The third kappa shape index (κ3) is 5.98. The van der Waals surface area contributed by atoms with Gasteiger partial charge < -0.3 is 15.1 Å². The van der Waals surface area contributed by atoms with Crippen LogP contribution in [0.5, 0.6) is 0 Å². The Labute approximate surface area is 226 Å². The number of hydrogen-bond acceptors (Lipinski definition) is 4. The summed E-state index contributed by atoms with van der Waals surface area (Å²) in [7, 11) is 0. The van der Waals surface area contributed by atoms with Crippen molar-refractivity contribution in [3.8, 4) is 0 Å². The lowest BCUT2D eigenvalue weighted by Gasteiger charge is -2.36. The number of halogens is 2. The molecule has 3 aromatic rings. The molecule has 1 fully saturated rings. The Morgan fingerprint density at radius 1 is 0.861 bits per heavy atom. The van der Waals surface area contributed by atoms with Gasteiger partial charge in [-0.15, -0.1) is 0 Å². The van der Waals surface area contributed by atoms with Crippen molar-refractivity contribution in [3.63, 3.8) is 0 Å². The average Bonchev–Trinajstić information content (AvgIpc) is 2.84. The Kier molecular flexibility index (Phi) is 8.14. The van der Waals surface area contributed by atoms with E-state index >= 15 is 0 Å². The molecule has 0 spiro atoms. The van der Waals surface area contributed by atoms with Gasteiger partial charge in [0, 0.05) is 37.4 Å². The summed E-state index contributed by atoms with van der Waals surface area (Å²) in [6.45, 7) is 6.43. The molecule has 1 heterocycles. The van der Waals surface area contributed by atoms with Crippen molar-refractivity contribution in [2.45, 2.75) is 13.8 Å². The Balaban J connectivity index is 1.34. The van der Waals surface area contributed by atoms with E-state index in [4.69, 9.17) is 35.4 Å². The van der Waals surface area contributed by atoms with Gasteiger partial charge in [-0.05, 0) is 73.6 Å². The van der Waals surface area contributed by atoms with Crippen LogP contribution in [0.1, 0.15) is 31.8 Å². The quantitative estimate of drug-likeness (QED) is 0.415. The highest BCUT2D eigenvalue weighted by atomic mass is 35.5. The number of hydrogen-bond donors (Lipinski definition) is 2. The Morgan fingerprint density at radius 3 is 2.25 bits per heavy atom. The third-order valence-corrected chi connectivity index (χ3v) is 6.90. The van der Waals surface area contributed by atoms with Crippen LogP contribution in [-0.4, -0.2) is 48.0 Å². The molecule has 0 atom stereocenters. The number of amides is 2. The van der Waals surface area contributed by atoms with Gasteiger partial charge in [-0.25, -0.2) is 0 Å². The summed E-state index contributed by atoms with van der Waals surface area (Å²) in [4.78, 5) is 29.4. The highest BCUT2D eigenvalue weighted by Gasteiger charge is 2.24. The fourth-order valence-corrected chi connectivity index (χ4v) is 4.94.